The molecule has 2 unspecified atom stereocenters. The quantitative estimate of drug-likeness (QED) is 0.391. The summed E-state index contributed by atoms with van der Waals surface area (Å²) in [6.07, 6.45) is 25.4. The zero-order valence-corrected chi connectivity index (χ0v) is 21.0. The van der Waals surface area contributed by atoms with Gasteiger partial charge in [0.05, 0.1) is 18.1 Å². The summed E-state index contributed by atoms with van der Waals surface area (Å²) in [4.78, 5) is 0. The number of methoxy groups -OCH3 is 1. The van der Waals surface area contributed by atoms with E-state index in [9.17, 15) is 0 Å². The number of allylic oxidation sites excluding steroid dienone is 4. The Labute approximate surface area is 201 Å². The van der Waals surface area contributed by atoms with Crippen molar-refractivity contribution in [1.82, 2.24) is 0 Å². The molecule has 3 fully saturated rings. The molecule has 0 aromatic heterocycles. The third kappa shape index (κ3) is 3.72. The van der Waals surface area contributed by atoms with Crippen molar-refractivity contribution >= 4 is 0 Å². The molecular formula is C30H44O3. The average Bonchev–Trinajstić information content (AvgIpc) is 3.57. The fourth-order valence-electron chi connectivity index (χ4n) is 9.13. The molecule has 6 aliphatic carbocycles. The van der Waals surface area contributed by atoms with Gasteiger partial charge in [0.1, 0.15) is 12.2 Å². The molecule has 0 aliphatic heterocycles. The lowest BCUT2D eigenvalue weighted by Crippen LogP contribution is -2.54. The van der Waals surface area contributed by atoms with Crippen molar-refractivity contribution in [2.75, 3.05) is 13.7 Å². The maximum absolute atomic E-state index is 6.68. The van der Waals surface area contributed by atoms with E-state index in [0.717, 1.165) is 43.6 Å². The number of rotatable bonds is 6. The first kappa shape index (κ1) is 22.3. The Morgan fingerprint density at radius 1 is 0.848 bits per heavy atom. The minimum absolute atomic E-state index is 0.246. The zero-order valence-electron chi connectivity index (χ0n) is 21.0. The zero-order chi connectivity index (χ0) is 22.5. The van der Waals surface area contributed by atoms with E-state index in [1.54, 1.807) is 5.57 Å². The summed E-state index contributed by atoms with van der Waals surface area (Å²) in [5.74, 6) is 4.96. The summed E-state index contributed by atoms with van der Waals surface area (Å²) in [6.45, 7) is 3.47. The fraction of sp³-hybridized carbons (Fsp3) is 0.800. The topological polar surface area (TPSA) is 27.7 Å². The van der Waals surface area contributed by atoms with Gasteiger partial charge in [0.15, 0.2) is 0 Å². The lowest BCUT2D eigenvalue weighted by Gasteiger charge is -2.59. The molecule has 0 radical (unpaired) electrons. The maximum Gasteiger partial charge on any atom is 0.117 e. The lowest BCUT2D eigenvalue weighted by molar-refractivity contribution is -0.103. The molecule has 0 heterocycles. The van der Waals surface area contributed by atoms with Crippen LogP contribution in [0.5, 0.6) is 0 Å². The van der Waals surface area contributed by atoms with Crippen LogP contribution in [0.25, 0.3) is 0 Å². The molecule has 0 N–H and O–H groups in total. The van der Waals surface area contributed by atoms with Crippen LogP contribution in [0.2, 0.25) is 0 Å². The standard InChI is InChI=1S/C30H44O3/c1-29-17-16-27-25(26(29)13-14-28(29)33-23-9-5-6-10-23)12-11-21-19-24(32-22-7-3-4-8-22)15-18-30(21,27)20-31-2/h7,9,19,24-28H,3-6,8,10-18,20H2,1-2H3/t24?,25-,26-,27+,28?,29-,30+/m0/s1. The Kier molecular flexibility index (Phi) is 5.92. The van der Waals surface area contributed by atoms with E-state index in [0.29, 0.717) is 11.5 Å². The van der Waals surface area contributed by atoms with Crippen LogP contribution in [-0.4, -0.2) is 25.9 Å². The number of hydrogen-bond donors (Lipinski definition) is 0. The summed E-state index contributed by atoms with van der Waals surface area (Å²) in [5, 5.41) is 0. The fourth-order valence-corrected chi connectivity index (χ4v) is 9.13. The van der Waals surface area contributed by atoms with E-state index in [1.807, 2.05) is 7.11 Å². The number of fused-ring (bicyclic) bond motifs is 5. The van der Waals surface area contributed by atoms with Crippen molar-refractivity contribution in [2.24, 2.45) is 28.6 Å². The van der Waals surface area contributed by atoms with Crippen molar-refractivity contribution in [1.29, 1.82) is 0 Å². The Bertz CT molecular complexity index is 839. The van der Waals surface area contributed by atoms with Gasteiger partial charge in [-0.1, -0.05) is 12.5 Å². The van der Waals surface area contributed by atoms with Crippen LogP contribution >= 0.6 is 0 Å². The smallest absolute Gasteiger partial charge is 0.117 e. The van der Waals surface area contributed by atoms with Crippen LogP contribution < -0.4 is 0 Å². The second-order valence-corrected chi connectivity index (χ2v) is 12.2. The molecule has 3 nitrogen and oxygen atoms in total. The van der Waals surface area contributed by atoms with Crippen molar-refractivity contribution < 1.29 is 14.2 Å². The normalized spacial score (nSPS) is 44.3. The summed E-state index contributed by atoms with van der Waals surface area (Å²) < 4.78 is 19.1. The van der Waals surface area contributed by atoms with E-state index in [-0.39, 0.29) is 11.5 Å². The highest BCUT2D eigenvalue weighted by Crippen LogP contribution is 2.66. The molecule has 0 bridgehead atoms. The van der Waals surface area contributed by atoms with Gasteiger partial charge in [-0.2, -0.15) is 0 Å². The first-order chi connectivity index (χ1) is 16.1. The summed E-state index contributed by atoms with van der Waals surface area (Å²) in [5.41, 5.74) is 2.27. The van der Waals surface area contributed by atoms with Gasteiger partial charge >= 0.3 is 0 Å². The van der Waals surface area contributed by atoms with E-state index < -0.39 is 0 Å². The highest BCUT2D eigenvalue weighted by molar-refractivity contribution is 5.27. The largest absolute Gasteiger partial charge is 0.495 e. The van der Waals surface area contributed by atoms with E-state index in [4.69, 9.17) is 14.2 Å². The van der Waals surface area contributed by atoms with Crippen molar-refractivity contribution in [3.05, 3.63) is 35.3 Å². The molecule has 33 heavy (non-hydrogen) atoms. The van der Waals surface area contributed by atoms with Crippen LogP contribution in [0.1, 0.15) is 96.8 Å². The maximum atomic E-state index is 6.68. The van der Waals surface area contributed by atoms with Crippen LogP contribution in [0.3, 0.4) is 0 Å². The van der Waals surface area contributed by atoms with Crippen LogP contribution in [0.15, 0.2) is 35.3 Å². The van der Waals surface area contributed by atoms with E-state index >= 15 is 0 Å². The molecule has 0 amide bonds. The monoisotopic (exact) mass is 452 g/mol. The van der Waals surface area contributed by atoms with Gasteiger partial charge < -0.3 is 14.2 Å². The van der Waals surface area contributed by atoms with Gasteiger partial charge in [0.2, 0.25) is 0 Å². The Hall–Kier alpha value is -1.22. The van der Waals surface area contributed by atoms with Gasteiger partial charge in [-0.05, 0) is 113 Å². The molecular weight excluding hydrogens is 408 g/mol. The minimum atomic E-state index is 0.246. The molecule has 182 valence electrons. The Morgan fingerprint density at radius 3 is 2.36 bits per heavy atom. The second-order valence-electron chi connectivity index (χ2n) is 12.2. The average molecular weight is 453 g/mol. The lowest BCUT2D eigenvalue weighted by atomic mass is 9.47. The molecule has 6 aliphatic rings. The highest BCUT2D eigenvalue weighted by atomic mass is 16.5. The third-order valence-corrected chi connectivity index (χ3v) is 10.7. The summed E-state index contributed by atoms with van der Waals surface area (Å²) in [6, 6.07) is 0. The van der Waals surface area contributed by atoms with Crippen molar-refractivity contribution in [3.8, 4) is 0 Å². The van der Waals surface area contributed by atoms with Gasteiger partial charge in [-0.15, -0.1) is 0 Å². The van der Waals surface area contributed by atoms with Gasteiger partial charge in [0, 0.05) is 30.8 Å². The Balaban J connectivity index is 1.23. The first-order valence-corrected chi connectivity index (χ1v) is 14.0. The molecule has 0 aromatic rings. The van der Waals surface area contributed by atoms with Gasteiger partial charge in [0.25, 0.3) is 0 Å². The van der Waals surface area contributed by atoms with Gasteiger partial charge in [-0.3, -0.25) is 0 Å². The van der Waals surface area contributed by atoms with Gasteiger partial charge in [-0.25, -0.2) is 0 Å². The first-order valence-electron chi connectivity index (χ1n) is 14.0. The van der Waals surface area contributed by atoms with Crippen molar-refractivity contribution in [2.45, 2.75) is 109 Å². The molecule has 6 rings (SSSR count). The summed E-state index contributed by atoms with van der Waals surface area (Å²) in [7, 11) is 1.92. The highest BCUT2D eigenvalue weighted by Gasteiger charge is 2.61. The molecule has 7 atom stereocenters. The predicted molar refractivity (Wildman–Crippen MR) is 132 cm³/mol. The predicted octanol–water partition coefficient (Wildman–Crippen LogP) is 7.48. The molecule has 0 aromatic carbocycles. The van der Waals surface area contributed by atoms with Crippen LogP contribution in [-0.2, 0) is 14.2 Å². The second kappa shape index (κ2) is 8.77. The van der Waals surface area contributed by atoms with Crippen LogP contribution in [0.4, 0.5) is 0 Å². The van der Waals surface area contributed by atoms with Crippen LogP contribution in [0, 0.1) is 28.6 Å². The van der Waals surface area contributed by atoms with E-state index in [1.165, 1.54) is 82.1 Å². The summed E-state index contributed by atoms with van der Waals surface area (Å²) >= 11 is 0. The number of ether oxygens (including phenoxy) is 3. The Morgan fingerprint density at radius 2 is 1.64 bits per heavy atom. The molecule has 3 saturated carbocycles. The minimum Gasteiger partial charge on any atom is -0.495 e. The molecule has 3 heteroatoms. The van der Waals surface area contributed by atoms with E-state index in [2.05, 4.69) is 25.2 Å². The molecule has 0 saturated heterocycles. The SMILES string of the molecule is COC[C@]12CCC(OC3=CCCC3)C=C1CC[C@@H]1[C@H]2CC[C@]2(C)C(OC3=CCCC3)CC[C@@H]12. The number of hydrogen-bond acceptors (Lipinski definition) is 3. The third-order valence-electron chi connectivity index (χ3n) is 10.7. The molecule has 0 spiro atoms. The van der Waals surface area contributed by atoms with Crippen molar-refractivity contribution in [3.63, 3.8) is 0 Å².